The van der Waals surface area contributed by atoms with E-state index in [2.05, 4.69) is 42.5 Å². The fourth-order valence-electron chi connectivity index (χ4n) is 2.42. The van der Waals surface area contributed by atoms with Crippen LogP contribution in [-0.2, 0) is 23.0 Å². The van der Waals surface area contributed by atoms with Crippen molar-refractivity contribution in [1.82, 2.24) is 0 Å². The third-order valence-corrected chi connectivity index (χ3v) is 5.56. The summed E-state index contributed by atoms with van der Waals surface area (Å²) in [6.07, 6.45) is 0. The minimum absolute atomic E-state index is 1.00. The number of thioether (sulfide) groups is 2. The van der Waals surface area contributed by atoms with Gasteiger partial charge < -0.3 is 4.74 Å². The van der Waals surface area contributed by atoms with E-state index in [0.717, 1.165) is 28.8 Å². The third kappa shape index (κ3) is 3.15. The number of rotatable bonds is 1. The Hall–Kier alpha value is -1.06. The standard InChI is InChI=1S/C17H18OS2/c1-18-17-15-3-2-4-16(17)12-20-10-14-7-5-13(6-8-14)9-19-11-15/h2-8H,9-12H2,1H3. The van der Waals surface area contributed by atoms with Crippen LogP contribution in [0.5, 0.6) is 5.75 Å². The van der Waals surface area contributed by atoms with E-state index in [9.17, 15) is 0 Å². The third-order valence-electron chi connectivity index (χ3n) is 3.46. The van der Waals surface area contributed by atoms with Crippen molar-refractivity contribution in [2.45, 2.75) is 23.0 Å². The Morgan fingerprint density at radius 2 is 1.25 bits per heavy atom. The fourth-order valence-corrected chi connectivity index (χ4v) is 4.37. The molecule has 2 heterocycles. The van der Waals surface area contributed by atoms with Crippen LogP contribution in [0.25, 0.3) is 0 Å². The molecule has 2 aliphatic rings. The zero-order valence-corrected chi connectivity index (χ0v) is 13.2. The van der Waals surface area contributed by atoms with Crippen LogP contribution in [0.15, 0.2) is 42.5 Å². The van der Waals surface area contributed by atoms with Crippen molar-refractivity contribution in [2.24, 2.45) is 0 Å². The van der Waals surface area contributed by atoms with Gasteiger partial charge in [0, 0.05) is 34.1 Å². The van der Waals surface area contributed by atoms with Crippen LogP contribution >= 0.6 is 23.5 Å². The van der Waals surface area contributed by atoms with E-state index < -0.39 is 0 Å². The van der Waals surface area contributed by atoms with Crippen molar-refractivity contribution in [3.63, 3.8) is 0 Å². The molecule has 2 aromatic rings. The summed E-state index contributed by atoms with van der Waals surface area (Å²) in [5.74, 6) is 5.20. The van der Waals surface area contributed by atoms with Crippen molar-refractivity contribution in [1.29, 1.82) is 0 Å². The van der Waals surface area contributed by atoms with E-state index in [4.69, 9.17) is 4.74 Å². The second-order valence-electron chi connectivity index (χ2n) is 4.91. The van der Waals surface area contributed by atoms with Crippen molar-refractivity contribution in [3.05, 3.63) is 64.7 Å². The SMILES string of the molecule is COc1c2cccc1CSCc1ccc(cc1)CSC2. The lowest BCUT2D eigenvalue weighted by Crippen LogP contribution is -1.96. The quantitative estimate of drug-likeness (QED) is 0.743. The minimum atomic E-state index is 1.00. The molecule has 0 saturated heterocycles. The monoisotopic (exact) mass is 302 g/mol. The molecule has 0 fully saturated rings. The van der Waals surface area contributed by atoms with Gasteiger partial charge in [-0.05, 0) is 11.1 Å². The first-order valence-corrected chi connectivity index (χ1v) is 9.06. The molecule has 0 saturated carbocycles. The van der Waals surface area contributed by atoms with E-state index in [0.29, 0.717) is 0 Å². The first-order chi connectivity index (χ1) is 9.86. The molecule has 4 bridgehead atoms. The molecule has 0 aromatic heterocycles. The highest BCUT2D eigenvalue weighted by molar-refractivity contribution is 7.98. The van der Waals surface area contributed by atoms with Crippen LogP contribution in [-0.4, -0.2) is 7.11 Å². The summed E-state index contributed by atoms with van der Waals surface area (Å²) >= 11 is 3.90. The van der Waals surface area contributed by atoms with E-state index in [1.165, 1.54) is 22.3 Å². The highest BCUT2D eigenvalue weighted by Crippen LogP contribution is 2.32. The average molecular weight is 302 g/mol. The molecular weight excluding hydrogens is 284 g/mol. The Labute approximate surface area is 129 Å². The Morgan fingerprint density at radius 1 is 0.750 bits per heavy atom. The molecule has 0 unspecified atom stereocenters. The highest BCUT2D eigenvalue weighted by atomic mass is 32.2. The lowest BCUT2D eigenvalue weighted by atomic mass is 10.1. The zero-order valence-electron chi connectivity index (χ0n) is 11.6. The van der Waals surface area contributed by atoms with Crippen LogP contribution in [0.1, 0.15) is 22.3 Å². The van der Waals surface area contributed by atoms with Gasteiger partial charge in [0.25, 0.3) is 0 Å². The van der Waals surface area contributed by atoms with Crippen LogP contribution in [0, 0.1) is 0 Å². The van der Waals surface area contributed by atoms with Crippen LogP contribution < -0.4 is 4.74 Å². The Bertz CT molecular complexity index is 531. The molecule has 3 heteroatoms. The summed E-state index contributed by atoms with van der Waals surface area (Å²) in [6, 6.07) is 15.5. The van der Waals surface area contributed by atoms with Crippen molar-refractivity contribution >= 4 is 23.5 Å². The predicted molar refractivity (Wildman–Crippen MR) is 89.4 cm³/mol. The van der Waals surface area contributed by atoms with Gasteiger partial charge >= 0.3 is 0 Å². The largest absolute Gasteiger partial charge is 0.496 e. The lowest BCUT2D eigenvalue weighted by Gasteiger charge is -2.13. The summed E-state index contributed by atoms with van der Waals surface area (Å²) in [4.78, 5) is 0. The maximum absolute atomic E-state index is 5.65. The molecule has 20 heavy (non-hydrogen) atoms. The van der Waals surface area contributed by atoms with Gasteiger partial charge in [0.2, 0.25) is 0 Å². The number of benzene rings is 2. The van der Waals surface area contributed by atoms with Gasteiger partial charge in [-0.15, -0.1) is 0 Å². The van der Waals surface area contributed by atoms with Crippen LogP contribution in [0.2, 0.25) is 0 Å². The molecule has 0 N–H and O–H groups in total. The highest BCUT2D eigenvalue weighted by Gasteiger charge is 2.10. The first kappa shape index (κ1) is 13.9. The van der Waals surface area contributed by atoms with Gasteiger partial charge in [0.05, 0.1) is 7.11 Å². The fraction of sp³-hybridized carbons (Fsp3) is 0.294. The molecular formula is C17H18OS2. The van der Waals surface area contributed by atoms with Gasteiger partial charge in [0.1, 0.15) is 5.75 Å². The van der Waals surface area contributed by atoms with Crippen molar-refractivity contribution in [3.8, 4) is 5.75 Å². The van der Waals surface area contributed by atoms with E-state index in [1.54, 1.807) is 7.11 Å². The van der Waals surface area contributed by atoms with Gasteiger partial charge in [0.15, 0.2) is 0 Å². The molecule has 0 spiro atoms. The second kappa shape index (κ2) is 6.59. The molecule has 0 amide bonds. The number of methoxy groups -OCH3 is 1. The number of hydrogen-bond donors (Lipinski definition) is 0. The maximum Gasteiger partial charge on any atom is 0.126 e. The molecule has 0 radical (unpaired) electrons. The van der Waals surface area contributed by atoms with Crippen molar-refractivity contribution < 1.29 is 4.74 Å². The minimum Gasteiger partial charge on any atom is -0.496 e. The van der Waals surface area contributed by atoms with E-state index in [-0.39, 0.29) is 0 Å². The van der Waals surface area contributed by atoms with Crippen LogP contribution in [0.3, 0.4) is 0 Å². The molecule has 4 rings (SSSR count). The molecule has 0 aliphatic carbocycles. The average Bonchev–Trinajstić information content (AvgIpc) is 2.49. The van der Waals surface area contributed by atoms with E-state index >= 15 is 0 Å². The second-order valence-corrected chi connectivity index (χ2v) is 6.88. The molecule has 104 valence electrons. The van der Waals surface area contributed by atoms with E-state index in [1.807, 2.05) is 23.5 Å². The summed E-state index contributed by atoms with van der Waals surface area (Å²) in [6.45, 7) is 0. The molecule has 0 atom stereocenters. The van der Waals surface area contributed by atoms with Gasteiger partial charge in [-0.3, -0.25) is 0 Å². The summed E-state index contributed by atoms with van der Waals surface area (Å²) < 4.78 is 5.65. The number of fused-ring (bicyclic) bond motifs is 6. The van der Waals surface area contributed by atoms with Gasteiger partial charge in [-0.25, -0.2) is 0 Å². The Kier molecular flexibility index (Phi) is 4.58. The predicted octanol–water partition coefficient (Wildman–Crippen LogP) is 4.88. The first-order valence-electron chi connectivity index (χ1n) is 6.75. The summed E-state index contributed by atoms with van der Waals surface area (Å²) in [5.41, 5.74) is 5.42. The lowest BCUT2D eigenvalue weighted by molar-refractivity contribution is 0.408. The molecule has 2 aliphatic heterocycles. The topological polar surface area (TPSA) is 9.23 Å². The summed E-state index contributed by atoms with van der Waals surface area (Å²) in [5, 5.41) is 0. The Morgan fingerprint density at radius 3 is 1.70 bits per heavy atom. The summed E-state index contributed by atoms with van der Waals surface area (Å²) in [7, 11) is 1.78. The maximum atomic E-state index is 5.65. The van der Waals surface area contributed by atoms with Crippen LogP contribution in [0.4, 0.5) is 0 Å². The van der Waals surface area contributed by atoms with Crippen molar-refractivity contribution in [2.75, 3.05) is 7.11 Å². The normalized spacial score (nSPS) is 15.1. The van der Waals surface area contributed by atoms with Gasteiger partial charge in [-0.2, -0.15) is 23.5 Å². The smallest absolute Gasteiger partial charge is 0.126 e. The molecule has 1 nitrogen and oxygen atoms in total. The number of ether oxygens (including phenoxy) is 1. The molecule has 2 aromatic carbocycles. The van der Waals surface area contributed by atoms with Gasteiger partial charge in [-0.1, -0.05) is 42.5 Å². The number of hydrogen-bond acceptors (Lipinski definition) is 3. The Balaban J connectivity index is 1.90. The zero-order chi connectivity index (χ0) is 13.8. The number of para-hydroxylation sites is 1.